The van der Waals surface area contributed by atoms with Crippen LogP contribution in [-0.4, -0.2) is 51.2 Å². The lowest BCUT2D eigenvalue weighted by Crippen LogP contribution is -2.39. The molecule has 2 rings (SSSR count). The van der Waals surface area contributed by atoms with Crippen LogP contribution in [0.15, 0.2) is 59.5 Å². The Morgan fingerprint density at radius 1 is 0.964 bits per heavy atom. The van der Waals surface area contributed by atoms with E-state index in [1.807, 2.05) is 56.1 Å². The van der Waals surface area contributed by atoms with Gasteiger partial charge in [-0.15, -0.1) is 0 Å². The van der Waals surface area contributed by atoms with Gasteiger partial charge in [0.05, 0.1) is 10.9 Å². The first-order valence-electron chi connectivity index (χ1n) is 9.26. The highest BCUT2D eigenvalue weighted by molar-refractivity contribution is 7.89. The zero-order valence-electron chi connectivity index (χ0n) is 17.1. The molecule has 0 spiro atoms. The van der Waals surface area contributed by atoms with E-state index in [1.165, 1.54) is 18.4 Å². The number of nitrogens with zero attached hydrogens (tertiary/aromatic N) is 2. The molecule has 0 saturated carbocycles. The Kier molecular flexibility index (Phi) is 7.35. The number of nitrogens with one attached hydrogen (secondary N) is 1. The number of amides is 1. The summed E-state index contributed by atoms with van der Waals surface area (Å²) in [7, 11) is 1.45. The van der Waals surface area contributed by atoms with E-state index in [4.69, 9.17) is 0 Å². The van der Waals surface area contributed by atoms with Gasteiger partial charge in [-0.2, -0.15) is 0 Å². The van der Waals surface area contributed by atoms with Crippen LogP contribution in [0, 0.1) is 0 Å². The molecule has 0 fully saturated rings. The first-order valence-corrected chi connectivity index (χ1v) is 10.7. The second kappa shape index (κ2) is 9.32. The van der Waals surface area contributed by atoms with Gasteiger partial charge < -0.3 is 5.32 Å². The molecule has 2 aromatic carbocycles. The summed E-state index contributed by atoms with van der Waals surface area (Å²) in [5, 5.41) is 3.05. The Morgan fingerprint density at radius 2 is 1.54 bits per heavy atom. The second-order valence-corrected chi connectivity index (χ2v) is 9.13. The number of hydrogen-bond acceptors (Lipinski definition) is 4. The van der Waals surface area contributed by atoms with E-state index in [0.717, 1.165) is 17.7 Å². The quantitative estimate of drug-likeness (QED) is 0.736. The minimum Gasteiger partial charge on any atom is -0.348 e. The molecule has 152 valence electrons. The van der Waals surface area contributed by atoms with Crippen molar-refractivity contribution in [3.05, 3.63) is 65.7 Å². The maximum Gasteiger partial charge on any atom is 0.242 e. The van der Waals surface area contributed by atoms with E-state index in [2.05, 4.69) is 5.32 Å². The highest BCUT2D eigenvalue weighted by Crippen LogP contribution is 2.22. The average molecular weight is 404 g/mol. The van der Waals surface area contributed by atoms with Gasteiger partial charge in [-0.1, -0.05) is 49.4 Å². The summed E-state index contributed by atoms with van der Waals surface area (Å²) in [4.78, 5) is 15.2. The molecule has 0 radical (unpaired) electrons. The fourth-order valence-corrected chi connectivity index (χ4v) is 3.84. The summed E-state index contributed by atoms with van der Waals surface area (Å²) in [5.74, 6) is -0.0898. The normalized spacial score (nSPS) is 14.1. The molecule has 1 amide bonds. The van der Waals surface area contributed by atoms with E-state index >= 15 is 0 Å². The molecule has 0 aliphatic rings. The molecule has 0 aliphatic heterocycles. The van der Waals surface area contributed by atoms with E-state index in [1.54, 1.807) is 24.3 Å². The zero-order valence-corrected chi connectivity index (χ0v) is 17.9. The summed E-state index contributed by atoms with van der Waals surface area (Å²) in [6, 6.07) is 15.6. The van der Waals surface area contributed by atoms with Crippen molar-refractivity contribution in [3.8, 4) is 0 Å². The highest BCUT2D eigenvalue weighted by atomic mass is 32.2. The van der Waals surface area contributed by atoms with Crippen LogP contribution in [0.4, 0.5) is 0 Å². The molecule has 2 aromatic rings. The molecule has 2 atom stereocenters. The molecule has 28 heavy (non-hydrogen) atoms. The molecule has 7 heteroatoms. The van der Waals surface area contributed by atoms with Gasteiger partial charge in [-0.3, -0.25) is 9.69 Å². The van der Waals surface area contributed by atoms with Gasteiger partial charge >= 0.3 is 0 Å². The van der Waals surface area contributed by atoms with Gasteiger partial charge in [-0.05, 0) is 43.8 Å². The van der Waals surface area contributed by atoms with Crippen LogP contribution in [-0.2, 0) is 14.8 Å². The topological polar surface area (TPSA) is 69.7 Å². The maximum absolute atomic E-state index is 13.0. The van der Waals surface area contributed by atoms with Crippen LogP contribution < -0.4 is 5.32 Å². The lowest BCUT2D eigenvalue weighted by Gasteiger charge is -2.28. The molecule has 0 aromatic heterocycles. The SMILES string of the molecule is CCN(C)C(C(=O)NC(C)c1ccc(S(=O)(=O)N(C)C)cc1)c1ccccc1. The van der Waals surface area contributed by atoms with Gasteiger partial charge in [0.15, 0.2) is 0 Å². The van der Waals surface area contributed by atoms with Gasteiger partial charge in [-0.25, -0.2) is 12.7 Å². The summed E-state index contributed by atoms with van der Waals surface area (Å²) < 4.78 is 25.6. The number of sulfonamides is 1. The number of hydrogen-bond donors (Lipinski definition) is 1. The summed E-state index contributed by atoms with van der Waals surface area (Å²) in [5.41, 5.74) is 1.78. The first kappa shape index (κ1) is 22.1. The van der Waals surface area contributed by atoms with Crippen molar-refractivity contribution in [1.82, 2.24) is 14.5 Å². The van der Waals surface area contributed by atoms with E-state index in [9.17, 15) is 13.2 Å². The van der Waals surface area contributed by atoms with Crippen molar-refractivity contribution in [2.75, 3.05) is 27.7 Å². The first-order chi connectivity index (χ1) is 13.2. The van der Waals surface area contributed by atoms with Crippen LogP contribution in [0.1, 0.15) is 37.1 Å². The largest absolute Gasteiger partial charge is 0.348 e. The maximum atomic E-state index is 13.0. The van der Waals surface area contributed by atoms with Crippen molar-refractivity contribution in [3.63, 3.8) is 0 Å². The van der Waals surface area contributed by atoms with Crippen molar-refractivity contribution in [2.24, 2.45) is 0 Å². The van der Waals surface area contributed by atoms with Crippen molar-refractivity contribution >= 4 is 15.9 Å². The molecule has 1 N–H and O–H groups in total. The van der Waals surface area contributed by atoms with Crippen LogP contribution in [0.3, 0.4) is 0 Å². The van der Waals surface area contributed by atoms with E-state index in [0.29, 0.717) is 0 Å². The van der Waals surface area contributed by atoms with Crippen molar-refractivity contribution in [2.45, 2.75) is 30.8 Å². The molecular weight excluding hydrogens is 374 g/mol. The number of rotatable bonds is 8. The fraction of sp³-hybridized carbons (Fsp3) is 0.381. The fourth-order valence-electron chi connectivity index (χ4n) is 2.94. The monoisotopic (exact) mass is 403 g/mol. The minimum absolute atomic E-state index is 0.0898. The molecule has 6 nitrogen and oxygen atoms in total. The Bertz CT molecular complexity index is 881. The second-order valence-electron chi connectivity index (χ2n) is 6.97. The summed E-state index contributed by atoms with van der Waals surface area (Å²) in [6.07, 6.45) is 0. The molecular formula is C21H29N3O3S. The van der Waals surface area contributed by atoms with Crippen LogP contribution in [0.5, 0.6) is 0 Å². The third-order valence-electron chi connectivity index (χ3n) is 4.82. The third kappa shape index (κ3) is 4.98. The highest BCUT2D eigenvalue weighted by Gasteiger charge is 2.25. The van der Waals surface area contributed by atoms with Crippen LogP contribution in [0.2, 0.25) is 0 Å². The smallest absolute Gasteiger partial charge is 0.242 e. The number of carbonyl (C=O) groups is 1. The summed E-state index contributed by atoms with van der Waals surface area (Å²) in [6.45, 7) is 4.64. The predicted octanol–water partition coefficient (Wildman–Crippen LogP) is 2.81. The molecule has 0 heterocycles. The van der Waals surface area contributed by atoms with Crippen molar-refractivity contribution < 1.29 is 13.2 Å². The Hall–Kier alpha value is -2.22. The van der Waals surface area contributed by atoms with Gasteiger partial charge in [0.25, 0.3) is 0 Å². The lowest BCUT2D eigenvalue weighted by molar-refractivity contribution is -0.126. The van der Waals surface area contributed by atoms with E-state index < -0.39 is 10.0 Å². The Balaban J connectivity index is 2.18. The van der Waals surface area contributed by atoms with Crippen LogP contribution in [0.25, 0.3) is 0 Å². The Morgan fingerprint density at radius 3 is 2.04 bits per heavy atom. The van der Waals surface area contributed by atoms with Crippen LogP contribution >= 0.6 is 0 Å². The standard InChI is InChI=1S/C21H29N3O3S/c1-6-24(5)20(18-10-8-7-9-11-18)21(25)22-16(2)17-12-14-19(15-13-17)28(26,27)23(3)4/h7-16,20H,6H2,1-5H3,(H,22,25). The van der Waals surface area contributed by atoms with Crippen molar-refractivity contribution in [1.29, 1.82) is 0 Å². The number of carbonyl (C=O) groups excluding carboxylic acids is 1. The molecule has 0 bridgehead atoms. The van der Waals surface area contributed by atoms with E-state index in [-0.39, 0.29) is 22.9 Å². The predicted molar refractivity (Wildman–Crippen MR) is 111 cm³/mol. The van der Waals surface area contributed by atoms with Gasteiger partial charge in [0.2, 0.25) is 15.9 Å². The zero-order chi connectivity index (χ0) is 20.9. The van der Waals surface area contributed by atoms with Gasteiger partial charge in [0.1, 0.15) is 6.04 Å². The van der Waals surface area contributed by atoms with Gasteiger partial charge in [0, 0.05) is 14.1 Å². The summed E-state index contributed by atoms with van der Waals surface area (Å²) >= 11 is 0. The average Bonchev–Trinajstić information content (AvgIpc) is 2.68. The number of likely N-dealkylation sites (N-methyl/N-ethyl adjacent to an activating group) is 1. The molecule has 2 unspecified atom stereocenters. The molecule has 0 aliphatic carbocycles. The third-order valence-corrected chi connectivity index (χ3v) is 6.65. The Labute approximate surface area is 168 Å². The lowest BCUT2D eigenvalue weighted by atomic mass is 10.0. The number of benzene rings is 2. The molecule has 0 saturated heterocycles. The minimum atomic E-state index is -3.47.